The van der Waals surface area contributed by atoms with Crippen molar-refractivity contribution in [2.24, 2.45) is 7.05 Å². The van der Waals surface area contributed by atoms with Crippen LogP contribution in [0.5, 0.6) is 5.75 Å². The van der Waals surface area contributed by atoms with Crippen LogP contribution in [0.2, 0.25) is 0 Å². The van der Waals surface area contributed by atoms with Crippen LogP contribution in [0.15, 0.2) is 71.9 Å². The van der Waals surface area contributed by atoms with Crippen molar-refractivity contribution in [1.82, 2.24) is 23.4 Å². The van der Waals surface area contributed by atoms with Crippen molar-refractivity contribution in [3.63, 3.8) is 0 Å². The van der Waals surface area contributed by atoms with E-state index in [0.29, 0.717) is 25.3 Å². The minimum atomic E-state index is -0.906. The van der Waals surface area contributed by atoms with E-state index in [2.05, 4.69) is 4.98 Å². The van der Waals surface area contributed by atoms with E-state index in [1.807, 2.05) is 64.8 Å². The lowest BCUT2D eigenvalue weighted by molar-refractivity contribution is 0.139. The number of fused-ring (bicyclic) bond motifs is 4. The molecule has 35 heavy (non-hydrogen) atoms. The molecular formula is C26H23N5O4. The van der Waals surface area contributed by atoms with Crippen molar-refractivity contribution in [2.75, 3.05) is 6.54 Å². The van der Waals surface area contributed by atoms with Gasteiger partial charge in [-0.05, 0) is 42.3 Å². The van der Waals surface area contributed by atoms with E-state index in [1.165, 1.54) is 16.5 Å². The summed E-state index contributed by atoms with van der Waals surface area (Å²) < 4.78 is 11.3. The van der Waals surface area contributed by atoms with Crippen LogP contribution < -0.4 is 10.3 Å². The van der Waals surface area contributed by atoms with Crippen LogP contribution in [0, 0.1) is 0 Å². The molecule has 0 atom stereocenters. The number of hydrogen-bond acceptors (Lipinski definition) is 4. The fourth-order valence-electron chi connectivity index (χ4n) is 4.83. The number of imidazole rings is 1. The second-order valence-corrected chi connectivity index (χ2v) is 8.70. The number of rotatable bonds is 4. The second-order valence-electron chi connectivity index (χ2n) is 8.70. The van der Waals surface area contributed by atoms with Crippen molar-refractivity contribution in [3.05, 3.63) is 94.4 Å². The Balaban J connectivity index is 1.26. The van der Waals surface area contributed by atoms with Crippen LogP contribution in [0.4, 0.5) is 4.79 Å². The van der Waals surface area contributed by atoms with Crippen LogP contribution in [0.3, 0.4) is 0 Å². The van der Waals surface area contributed by atoms with Gasteiger partial charge in [-0.25, -0.2) is 9.78 Å². The van der Waals surface area contributed by atoms with E-state index in [1.54, 1.807) is 16.8 Å². The summed E-state index contributed by atoms with van der Waals surface area (Å²) in [6.45, 7) is 1.11. The molecular weight excluding hydrogens is 446 g/mol. The third-order valence-corrected chi connectivity index (χ3v) is 6.63. The van der Waals surface area contributed by atoms with Crippen LogP contribution >= 0.6 is 0 Å². The van der Waals surface area contributed by atoms with Crippen LogP contribution in [-0.4, -0.2) is 41.2 Å². The summed E-state index contributed by atoms with van der Waals surface area (Å²) >= 11 is 0. The first-order valence-electron chi connectivity index (χ1n) is 11.3. The third kappa shape index (κ3) is 3.61. The highest BCUT2D eigenvalue weighted by Crippen LogP contribution is 2.31. The smallest absolute Gasteiger partial charge is 0.407 e. The summed E-state index contributed by atoms with van der Waals surface area (Å²) in [7, 11) is 1.94. The zero-order chi connectivity index (χ0) is 24.1. The van der Waals surface area contributed by atoms with Gasteiger partial charge in [0.05, 0.1) is 23.4 Å². The fraction of sp³-hybridized carbons (Fsp3) is 0.192. The topological polar surface area (TPSA) is 94.0 Å². The average Bonchev–Trinajstić information content (AvgIpc) is 3.41. The molecule has 0 unspecified atom stereocenters. The molecule has 0 bridgehead atoms. The molecule has 1 aliphatic rings. The first-order chi connectivity index (χ1) is 17.0. The molecule has 1 N–H and O–H groups in total. The van der Waals surface area contributed by atoms with Crippen LogP contribution in [0.1, 0.15) is 17.0 Å². The zero-order valence-electron chi connectivity index (χ0n) is 19.1. The molecule has 5 aromatic rings. The lowest BCUT2D eigenvalue weighted by atomic mass is 10.0. The molecule has 0 fully saturated rings. The highest BCUT2D eigenvalue weighted by atomic mass is 16.5. The van der Waals surface area contributed by atoms with E-state index < -0.39 is 6.09 Å². The van der Waals surface area contributed by atoms with Crippen molar-refractivity contribution < 1.29 is 14.6 Å². The van der Waals surface area contributed by atoms with E-state index in [0.717, 1.165) is 33.6 Å². The molecule has 1 amide bonds. The van der Waals surface area contributed by atoms with Gasteiger partial charge in [0.25, 0.3) is 5.56 Å². The monoisotopic (exact) mass is 469 g/mol. The molecule has 0 saturated carbocycles. The van der Waals surface area contributed by atoms with Gasteiger partial charge in [0.2, 0.25) is 0 Å². The lowest BCUT2D eigenvalue weighted by Gasteiger charge is -2.25. The minimum Gasteiger partial charge on any atom is -0.487 e. The lowest BCUT2D eigenvalue weighted by Crippen LogP contribution is -2.35. The van der Waals surface area contributed by atoms with Gasteiger partial charge < -0.3 is 23.7 Å². The molecule has 0 radical (unpaired) electrons. The number of benzene rings is 1. The molecule has 9 nitrogen and oxygen atoms in total. The van der Waals surface area contributed by atoms with Crippen molar-refractivity contribution >= 4 is 22.6 Å². The van der Waals surface area contributed by atoms with Crippen molar-refractivity contribution in [2.45, 2.75) is 19.6 Å². The van der Waals surface area contributed by atoms with Gasteiger partial charge in [-0.15, -0.1) is 0 Å². The number of nitrogens with zero attached hydrogens (tertiary/aromatic N) is 5. The zero-order valence-corrected chi connectivity index (χ0v) is 19.1. The fourth-order valence-corrected chi connectivity index (χ4v) is 4.83. The molecule has 0 aliphatic carbocycles. The number of pyridine rings is 2. The average molecular weight is 470 g/mol. The molecule has 9 heteroatoms. The van der Waals surface area contributed by atoms with Crippen LogP contribution in [-0.2, 0) is 26.6 Å². The largest absolute Gasteiger partial charge is 0.487 e. The Bertz CT molecular complexity index is 1630. The third-order valence-electron chi connectivity index (χ3n) is 6.63. The first kappa shape index (κ1) is 21.0. The van der Waals surface area contributed by atoms with Gasteiger partial charge in [-0.2, -0.15) is 0 Å². The maximum atomic E-state index is 12.9. The van der Waals surface area contributed by atoms with Gasteiger partial charge in [-0.1, -0.05) is 12.1 Å². The summed E-state index contributed by atoms with van der Waals surface area (Å²) in [5.74, 6) is 0.479. The quantitative estimate of drug-likeness (QED) is 0.434. The number of ether oxygens (including phenoxy) is 1. The SMILES string of the molecule is Cn1c2c(c3ccc(-n4ccc(OCc5cn6ccccc6n5)cc4=O)cc31)CCN(C(=O)O)C2. The number of aryl methyl sites for hydroxylation is 1. The predicted octanol–water partition coefficient (Wildman–Crippen LogP) is 3.59. The number of carboxylic acid groups (broad SMARTS) is 1. The summed E-state index contributed by atoms with van der Waals surface area (Å²) in [4.78, 5) is 30.3. The number of amides is 1. The van der Waals surface area contributed by atoms with E-state index in [-0.39, 0.29) is 12.2 Å². The van der Waals surface area contributed by atoms with Crippen LogP contribution in [0.25, 0.3) is 22.2 Å². The molecule has 0 saturated heterocycles. The van der Waals surface area contributed by atoms with Gasteiger partial charge in [0.15, 0.2) is 0 Å². The molecule has 5 heterocycles. The number of carbonyl (C=O) groups is 1. The Labute approximate surface area is 200 Å². The maximum Gasteiger partial charge on any atom is 0.407 e. The standard InChI is InChI=1S/C26H23N5O4/c1-28-22-12-18(5-6-20(22)21-8-10-30(26(33)34)15-23(21)28)31-11-7-19(13-25(31)32)35-16-17-14-29-9-3-2-4-24(29)27-17/h2-7,9,11-14H,8,10,15-16H2,1H3,(H,33,34). The van der Waals surface area contributed by atoms with Gasteiger partial charge in [-0.3, -0.25) is 9.36 Å². The maximum absolute atomic E-state index is 12.9. The molecule has 1 aliphatic heterocycles. The van der Waals surface area contributed by atoms with Gasteiger partial charge in [0, 0.05) is 49.3 Å². The summed E-state index contributed by atoms with van der Waals surface area (Å²) in [5, 5.41) is 10.5. The molecule has 176 valence electrons. The van der Waals surface area contributed by atoms with Crippen molar-refractivity contribution in [1.29, 1.82) is 0 Å². The number of aromatic nitrogens is 4. The number of hydrogen-bond donors (Lipinski definition) is 1. The van der Waals surface area contributed by atoms with E-state index in [4.69, 9.17) is 4.74 Å². The Kier molecular flexibility index (Phi) is 4.84. The molecule has 1 aromatic carbocycles. The first-order valence-corrected chi connectivity index (χ1v) is 11.3. The Hall–Kier alpha value is -4.53. The van der Waals surface area contributed by atoms with Gasteiger partial charge in [0.1, 0.15) is 18.0 Å². The normalized spacial score (nSPS) is 13.3. The Morgan fingerprint density at radius 2 is 2.03 bits per heavy atom. The predicted molar refractivity (Wildman–Crippen MR) is 130 cm³/mol. The van der Waals surface area contributed by atoms with Crippen molar-refractivity contribution in [3.8, 4) is 11.4 Å². The van der Waals surface area contributed by atoms with E-state index >= 15 is 0 Å². The summed E-state index contributed by atoms with van der Waals surface area (Å²) in [5.41, 5.74) is 5.30. The summed E-state index contributed by atoms with van der Waals surface area (Å²) in [6.07, 6.45) is 5.31. The highest BCUT2D eigenvalue weighted by molar-refractivity contribution is 5.88. The summed E-state index contributed by atoms with van der Waals surface area (Å²) in [6, 6.07) is 14.9. The molecule has 4 aromatic heterocycles. The highest BCUT2D eigenvalue weighted by Gasteiger charge is 2.25. The Morgan fingerprint density at radius 1 is 1.14 bits per heavy atom. The molecule has 0 spiro atoms. The second kappa shape index (κ2) is 8.05. The molecule has 6 rings (SSSR count). The Morgan fingerprint density at radius 3 is 2.83 bits per heavy atom. The van der Waals surface area contributed by atoms with Gasteiger partial charge >= 0.3 is 6.09 Å². The van der Waals surface area contributed by atoms with E-state index in [9.17, 15) is 14.7 Å². The minimum absolute atomic E-state index is 0.201.